The van der Waals surface area contributed by atoms with Crippen LogP contribution in [0.25, 0.3) is 0 Å². The smallest absolute Gasteiger partial charge is 0.252 e. The molecule has 0 bridgehead atoms. The van der Waals surface area contributed by atoms with Crippen molar-refractivity contribution < 1.29 is 13.2 Å². The fourth-order valence-electron chi connectivity index (χ4n) is 3.45. The molecule has 2 fully saturated rings. The summed E-state index contributed by atoms with van der Waals surface area (Å²) in [4.78, 5) is 13.5. The molecule has 1 atom stereocenters. The summed E-state index contributed by atoms with van der Waals surface area (Å²) < 4.78 is 27.2. The maximum absolute atomic E-state index is 12.6. The topological polar surface area (TPSA) is 57.7 Å². The van der Waals surface area contributed by atoms with E-state index in [0.29, 0.717) is 23.8 Å². The van der Waals surface area contributed by atoms with Gasteiger partial charge in [0.1, 0.15) is 4.21 Å². The normalized spacial score (nSPS) is 27.4. The van der Waals surface area contributed by atoms with Gasteiger partial charge >= 0.3 is 0 Å². The summed E-state index contributed by atoms with van der Waals surface area (Å²) in [6.07, 6.45) is 2.82. The monoisotopic (exact) mass is 328 g/mol. The first-order valence-corrected chi connectivity index (χ1v) is 9.54. The number of thiophene rings is 1. The lowest BCUT2D eigenvalue weighted by atomic mass is 9.79. The number of likely N-dealkylation sites (tertiary alicyclic amines) is 1. The van der Waals surface area contributed by atoms with Crippen LogP contribution in [-0.4, -0.2) is 49.7 Å². The summed E-state index contributed by atoms with van der Waals surface area (Å²) in [5.41, 5.74) is -0.0474. The number of sulfonamides is 1. The molecular weight excluding hydrogens is 308 g/mol. The largest absolute Gasteiger partial charge is 0.342 e. The molecule has 5 nitrogen and oxygen atoms in total. The summed E-state index contributed by atoms with van der Waals surface area (Å²) in [7, 11) is -3.36. The molecule has 2 saturated heterocycles. The molecule has 2 aliphatic rings. The number of carbonyl (C=O) groups is 1. The minimum absolute atomic E-state index is 0.0474. The van der Waals surface area contributed by atoms with Crippen molar-refractivity contribution in [1.29, 1.82) is 0 Å². The Hall–Kier alpha value is -0.920. The Morgan fingerprint density at radius 2 is 2.10 bits per heavy atom. The highest BCUT2D eigenvalue weighted by Crippen LogP contribution is 2.41. The Labute approximate surface area is 129 Å². The molecule has 0 N–H and O–H groups in total. The van der Waals surface area contributed by atoms with Crippen molar-refractivity contribution in [3.05, 3.63) is 17.5 Å². The van der Waals surface area contributed by atoms with E-state index in [-0.39, 0.29) is 11.3 Å². The average molecular weight is 328 g/mol. The molecule has 3 heterocycles. The second-order valence-corrected chi connectivity index (χ2v) is 9.18. The van der Waals surface area contributed by atoms with Gasteiger partial charge < -0.3 is 4.90 Å². The standard InChI is InChI=1S/C14H20N2O3S2/c1-12(17)15-7-3-5-14(10-15)6-8-16(11-14)21(18,19)13-4-2-9-20-13/h2,4,9H,3,5-8,10-11H2,1H3. The lowest BCUT2D eigenvalue weighted by molar-refractivity contribution is -0.132. The fraction of sp³-hybridized carbons (Fsp3) is 0.643. The number of piperidine rings is 1. The number of carbonyl (C=O) groups excluding carboxylic acids is 1. The number of hydrogen-bond acceptors (Lipinski definition) is 4. The zero-order valence-electron chi connectivity index (χ0n) is 12.1. The highest BCUT2D eigenvalue weighted by Gasteiger charge is 2.45. The third-order valence-electron chi connectivity index (χ3n) is 4.60. The molecule has 0 aliphatic carbocycles. The minimum atomic E-state index is -3.36. The summed E-state index contributed by atoms with van der Waals surface area (Å²) >= 11 is 1.26. The maximum Gasteiger partial charge on any atom is 0.252 e. The van der Waals surface area contributed by atoms with E-state index in [4.69, 9.17) is 0 Å². The highest BCUT2D eigenvalue weighted by molar-refractivity contribution is 7.91. The van der Waals surface area contributed by atoms with Gasteiger partial charge in [0, 0.05) is 38.5 Å². The molecule has 0 saturated carbocycles. The second kappa shape index (κ2) is 5.37. The van der Waals surface area contributed by atoms with Crippen LogP contribution in [0.4, 0.5) is 0 Å². The van der Waals surface area contributed by atoms with Crippen LogP contribution in [0.2, 0.25) is 0 Å². The van der Waals surface area contributed by atoms with Crippen molar-refractivity contribution in [3.8, 4) is 0 Å². The van der Waals surface area contributed by atoms with Gasteiger partial charge in [-0.3, -0.25) is 4.79 Å². The van der Waals surface area contributed by atoms with Crippen molar-refractivity contribution in [2.45, 2.75) is 30.4 Å². The van der Waals surface area contributed by atoms with E-state index in [2.05, 4.69) is 0 Å². The van der Waals surface area contributed by atoms with Gasteiger partial charge in [0.25, 0.3) is 10.0 Å². The average Bonchev–Trinajstić information content (AvgIpc) is 3.09. The zero-order chi connectivity index (χ0) is 15.1. The van der Waals surface area contributed by atoms with Crippen LogP contribution in [0.15, 0.2) is 21.7 Å². The van der Waals surface area contributed by atoms with Gasteiger partial charge in [0.15, 0.2) is 0 Å². The first-order valence-electron chi connectivity index (χ1n) is 7.22. The van der Waals surface area contributed by atoms with Crippen LogP contribution < -0.4 is 0 Å². The lowest BCUT2D eigenvalue weighted by Gasteiger charge is -2.40. The summed E-state index contributed by atoms with van der Waals surface area (Å²) in [5.74, 6) is 0.0913. The van der Waals surface area contributed by atoms with Gasteiger partial charge in [-0.25, -0.2) is 8.42 Å². The molecule has 1 aromatic heterocycles. The van der Waals surface area contributed by atoms with Crippen LogP contribution >= 0.6 is 11.3 Å². The van der Waals surface area contributed by atoms with Gasteiger partial charge in [-0.15, -0.1) is 11.3 Å². The third-order valence-corrected chi connectivity index (χ3v) is 7.82. The SMILES string of the molecule is CC(=O)N1CCCC2(CCN(S(=O)(=O)c3cccs3)C2)C1. The lowest BCUT2D eigenvalue weighted by Crippen LogP contribution is -2.47. The zero-order valence-corrected chi connectivity index (χ0v) is 13.8. The Balaban J connectivity index is 1.77. The van der Waals surface area contributed by atoms with Crippen LogP contribution in [0.3, 0.4) is 0 Å². The molecule has 1 aromatic rings. The van der Waals surface area contributed by atoms with Gasteiger partial charge in [0.2, 0.25) is 5.91 Å². The van der Waals surface area contributed by atoms with E-state index < -0.39 is 10.0 Å². The molecule has 0 radical (unpaired) electrons. The predicted octanol–water partition coefficient (Wildman–Crippen LogP) is 1.77. The third kappa shape index (κ3) is 2.74. The fourth-order valence-corrected chi connectivity index (χ4v) is 6.14. The quantitative estimate of drug-likeness (QED) is 0.831. The molecule has 3 rings (SSSR count). The summed E-state index contributed by atoms with van der Waals surface area (Å²) in [6, 6.07) is 3.43. The molecule has 1 spiro atoms. The summed E-state index contributed by atoms with van der Waals surface area (Å²) in [5, 5.41) is 1.79. The predicted molar refractivity (Wildman–Crippen MR) is 81.6 cm³/mol. The van der Waals surface area contributed by atoms with Crippen molar-refractivity contribution in [3.63, 3.8) is 0 Å². The molecule has 0 aromatic carbocycles. The van der Waals surface area contributed by atoms with E-state index in [1.807, 2.05) is 4.90 Å². The van der Waals surface area contributed by atoms with Gasteiger partial charge in [0.05, 0.1) is 0 Å². The first-order chi connectivity index (χ1) is 9.93. The number of hydrogen-bond donors (Lipinski definition) is 0. The molecular formula is C14H20N2O3S2. The molecule has 116 valence electrons. The molecule has 1 unspecified atom stereocenters. The van der Waals surface area contributed by atoms with Crippen LogP contribution in [0.1, 0.15) is 26.2 Å². The first kappa shape index (κ1) is 15.0. The van der Waals surface area contributed by atoms with Crippen molar-refractivity contribution in [2.75, 3.05) is 26.2 Å². The van der Waals surface area contributed by atoms with Crippen LogP contribution in [0.5, 0.6) is 0 Å². The van der Waals surface area contributed by atoms with Crippen molar-refractivity contribution in [2.24, 2.45) is 5.41 Å². The Kier molecular flexibility index (Phi) is 3.83. The van der Waals surface area contributed by atoms with Crippen molar-refractivity contribution >= 4 is 27.3 Å². The van der Waals surface area contributed by atoms with Gasteiger partial charge in [-0.05, 0) is 30.7 Å². The number of amides is 1. The van der Waals surface area contributed by atoms with Gasteiger partial charge in [-0.1, -0.05) is 6.07 Å². The summed E-state index contributed by atoms with van der Waals surface area (Å²) in [6.45, 7) is 4.19. The Bertz CT molecular complexity index is 627. The maximum atomic E-state index is 12.6. The number of rotatable bonds is 2. The van der Waals surface area contributed by atoms with E-state index >= 15 is 0 Å². The minimum Gasteiger partial charge on any atom is -0.342 e. The van der Waals surface area contributed by atoms with E-state index in [1.54, 1.807) is 28.7 Å². The van der Waals surface area contributed by atoms with Gasteiger partial charge in [-0.2, -0.15) is 4.31 Å². The molecule has 7 heteroatoms. The molecule has 2 aliphatic heterocycles. The van der Waals surface area contributed by atoms with E-state index in [1.165, 1.54) is 11.3 Å². The highest BCUT2D eigenvalue weighted by atomic mass is 32.2. The van der Waals surface area contributed by atoms with Crippen LogP contribution in [-0.2, 0) is 14.8 Å². The van der Waals surface area contributed by atoms with E-state index in [9.17, 15) is 13.2 Å². The van der Waals surface area contributed by atoms with Crippen LogP contribution in [0, 0.1) is 5.41 Å². The number of nitrogens with zero attached hydrogens (tertiary/aromatic N) is 2. The van der Waals surface area contributed by atoms with E-state index in [0.717, 1.165) is 25.8 Å². The molecule has 21 heavy (non-hydrogen) atoms. The molecule has 1 amide bonds. The van der Waals surface area contributed by atoms with Crippen molar-refractivity contribution in [1.82, 2.24) is 9.21 Å². The Morgan fingerprint density at radius 3 is 2.76 bits per heavy atom. The second-order valence-electron chi connectivity index (χ2n) is 6.06. The Morgan fingerprint density at radius 1 is 1.29 bits per heavy atom.